The third-order valence-electron chi connectivity index (χ3n) is 3.53. The molecule has 0 aliphatic rings. The fraction of sp³-hybridized carbons (Fsp3) is 0.222. The summed E-state index contributed by atoms with van der Waals surface area (Å²) in [7, 11) is 0. The molecule has 2 N–H and O–H groups in total. The molecule has 0 fully saturated rings. The molecule has 138 valence electrons. The lowest BCUT2D eigenvalue weighted by atomic mass is 10.1. The van der Waals surface area contributed by atoms with Gasteiger partial charge in [0, 0.05) is 23.1 Å². The van der Waals surface area contributed by atoms with E-state index in [0.717, 1.165) is 10.0 Å². The van der Waals surface area contributed by atoms with Gasteiger partial charge in [0.1, 0.15) is 0 Å². The zero-order chi connectivity index (χ0) is 19.2. The van der Waals surface area contributed by atoms with E-state index >= 15 is 0 Å². The van der Waals surface area contributed by atoms with Crippen molar-refractivity contribution >= 4 is 33.4 Å². The zero-order valence-corrected chi connectivity index (χ0v) is 15.2. The summed E-state index contributed by atoms with van der Waals surface area (Å²) in [6, 6.07) is 13.9. The summed E-state index contributed by atoms with van der Waals surface area (Å²) >= 11 is 3.43. The number of hydrogen-bond acceptors (Lipinski definition) is 2. The van der Waals surface area contributed by atoms with Crippen LogP contribution in [0.15, 0.2) is 53.0 Å². The van der Waals surface area contributed by atoms with Crippen LogP contribution >= 0.6 is 15.9 Å². The summed E-state index contributed by atoms with van der Waals surface area (Å²) in [5.74, 6) is -2.15. The Balaban J connectivity index is 1.82. The van der Waals surface area contributed by atoms with Gasteiger partial charge in [0.15, 0.2) is 0 Å². The van der Waals surface area contributed by atoms with E-state index in [0.29, 0.717) is 24.1 Å². The Bertz CT molecular complexity index is 777. The van der Waals surface area contributed by atoms with E-state index in [4.69, 9.17) is 0 Å². The van der Waals surface area contributed by atoms with Gasteiger partial charge in [0.25, 0.3) is 0 Å². The van der Waals surface area contributed by atoms with Crippen LogP contribution in [0.3, 0.4) is 0 Å². The minimum atomic E-state index is -4.90. The fourth-order valence-electron chi connectivity index (χ4n) is 2.16. The Morgan fingerprint density at radius 2 is 1.65 bits per heavy atom. The van der Waals surface area contributed by atoms with Crippen molar-refractivity contribution in [3.05, 3.63) is 64.1 Å². The molecule has 2 amide bonds. The number of anilines is 1. The molecule has 0 heterocycles. The molecule has 0 saturated carbocycles. The van der Waals surface area contributed by atoms with Crippen molar-refractivity contribution in [1.82, 2.24) is 5.32 Å². The van der Waals surface area contributed by atoms with Crippen LogP contribution in [0.2, 0.25) is 0 Å². The molecule has 0 bridgehead atoms. The molecule has 0 aliphatic carbocycles. The smallest absolute Gasteiger partial charge is 0.344 e. The number of alkyl halides is 3. The highest BCUT2D eigenvalue weighted by atomic mass is 79.9. The fourth-order valence-corrected chi connectivity index (χ4v) is 2.64. The molecule has 26 heavy (non-hydrogen) atoms. The maximum absolute atomic E-state index is 12.1. The van der Waals surface area contributed by atoms with Crippen LogP contribution in [0.25, 0.3) is 0 Å². The Morgan fingerprint density at radius 3 is 2.27 bits per heavy atom. The quantitative estimate of drug-likeness (QED) is 0.724. The van der Waals surface area contributed by atoms with Gasteiger partial charge in [-0.05, 0) is 35.7 Å². The van der Waals surface area contributed by atoms with Crippen LogP contribution in [0.5, 0.6) is 0 Å². The van der Waals surface area contributed by atoms with Gasteiger partial charge in [-0.1, -0.05) is 46.3 Å². The van der Waals surface area contributed by atoms with Crippen molar-refractivity contribution in [2.45, 2.75) is 25.6 Å². The number of aryl methyl sites for hydroxylation is 1. The molecule has 0 aliphatic heterocycles. The third kappa shape index (κ3) is 6.18. The molecule has 4 nitrogen and oxygen atoms in total. The first kappa shape index (κ1) is 20.0. The number of carbonyl (C=O) groups excluding carboxylic acids is 2. The SMILES string of the molecule is O=C(CCc1ccccc1Br)Nc1ccc(CNC(=O)C(F)(F)F)cc1. The molecule has 2 aromatic carbocycles. The lowest BCUT2D eigenvalue weighted by molar-refractivity contribution is -0.173. The Kier molecular flexibility index (Phi) is 6.79. The Labute approximate surface area is 156 Å². The summed E-state index contributed by atoms with van der Waals surface area (Å²) in [6.45, 7) is -0.241. The molecule has 0 atom stereocenters. The number of amides is 2. The molecule has 2 aromatic rings. The highest BCUT2D eigenvalue weighted by molar-refractivity contribution is 9.10. The van der Waals surface area contributed by atoms with Crippen LogP contribution in [0, 0.1) is 0 Å². The van der Waals surface area contributed by atoms with Crippen LogP contribution in [0.1, 0.15) is 17.5 Å². The van der Waals surface area contributed by atoms with Crippen LogP contribution in [0.4, 0.5) is 18.9 Å². The second kappa shape index (κ2) is 8.84. The number of nitrogens with one attached hydrogen (secondary N) is 2. The van der Waals surface area contributed by atoms with Gasteiger partial charge in [-0.25, -0.2) is 0 Å². The van der Waals surface area contributed by atoms with E-state index in [-0.39, 0.29) is 12.5 Å². The summed E-state index contributed by atoms with van der Waals surface area (Å²) < 4.78 is 37.3. The van der Waals surface area contributed by atoms with E-state index in [9.17, 15) is 22.8 Å². The zero-order valence-electron chi connectivity index (χ0n) is 13.6. The Morgan fingerprint density at radius 1 is 1.00 bits per heavy atom. The van der Waals surface area contributed by atoms with Crippen molar-refractivity contribution in [2.75, 3.05) is 5.32 Å². The number of hydrogen-bond donors (Lipinski definition) is 2. The molecule has 0 spiro atoms. The number of rotatable bonds is 6. The van der Waals surface area contributed by atoms with Gasteiger partial charge in [-0.2, -0.15) is 13.2 Å². The first-order chi connectivity index (χ1) is 12.3. The molecule has 2 rings (SSSR count). The highest BCUT2D eigenvalue weighted by Crippen LogP contribution is 2.18. The van der Waals surface area contributed by atoms with Crippen molar-refractivity contribution in [3.8, 4) is 0 Å². The third-order valence-corrected chi connectivity index (χ3v) is 4.30. The van der Waals surface area contributed by atoms with Gasteiger partial charge in [-0.15, -0.1) is 0 Å². The first-order valence-electron chi connectivity index (χ1n) is 7.73. The highest BCUT2D eigenvalue weighted by Gasteiger charge is 2.38. The van der Waals surface area contributed by atoms with E-state index in [2.05, 4.69) is 21.2 Å². The average Bonchev–Trinajstić information content (AvgIpc) is 2.59. The maximum Gasteiger partial charge on any atom is 0.471 e. The second-order valence-electron chi connectivity index (χ2n) is 5.52. The Hall–Kier alpha value is -2.35. The van der Waals surface area contributed by atoms with Crippen LogP contribution in [-0.4, -0.2) is 18.0 Å². The topological polar surface area (TPSA) is 58.2 Å². The largest absolute Gasteiger partial charge is 0.471 e. The van der Waals surface area contributed by atoms with E-state index in [1.54, 1.807) is 29.6 Å². The maximum atomic E-state index is 12.1. The summed E-state index contributed by atoms with van der Waals surface area (Å²) in [5, 5.41) is 4.51. The average molecular weight is 429 g/mol. The van der Waals surface area contributed by atoms with Gasteiger partial charge in [0.2, 0.25) is 5.91 Å². The van der Waals surface area contributed by atoms with Gasteiger partial charge < -0.3 is 10.6 Å². The lowest BCUT2D eigenvalue weighted by Crippen LogP contribution is -2.36. The van der Waals surface area contributed by atoms with E-state index in [1.807, 2.05) is 24.3 Å². The predicted molar refractivity (Wildman–Crippen MR) is 95.4 cm³/mol. The van der Waals surface area contributed by atoms with Crippen LogP contribution < -0.4 is 10.6 Å². The minimum Gasteiger partial charge on any atom is -0.344 e. The molecule has 0 radical (unpaired) electrons. The minimum absolute atomic E-state index is 0.168. The normalized spacial score (nSPS) is 11.1. The molecule has 0 saturated heterocycles. The van der Waals surface area contributed by atoms with Crippen molar-refractivity contribution in [1.29, 1.82) is 0 Å². The summed E-state index contributed by atoms with van der Waals surface area (Å²) in [6.07, 6.45) is -4.03. The van der Waals surface area contributed by atoms with Gasteiger partial charge in [0.05, 0.1) is 0 Å². The van der Waals surface area contributed by atoms with Crippen LogP contribution in [-0.2, 0) is 22.6 Å². The summed E-state index contributed by atoms with van der Waals surface area (Å²) in [4.78, 5) is 22.8. The molecule has 0 aromatic heterocycles. The first-order valence-corrected chi connectivity index (χ1v) is 8.52. The monoisotopic (exact) mass is 428 g/mol. The number of benzene rings is 2. The van der Waals surface area contributed by atoms with Gasteiger partial charge >= 0.3 is 12.1 Å². The number of carbonyl (C=O) groups is 2. The van der Waals surface area contributed by atoms with Gasteiger partial charge in [-0.3, -0.25) is 9.59 Å². The second-order valence-corrected chi connectivity index (χ2v) is 6.37. The number of halogens is 4. The molecule has 0 unspecified atom stereocenters. The predicted octanol–water partition coefficient (Wildman–Crippen LogP) is 4.20. The molecule has 8 heteroatoms. The summed E-state index contributed by atoms with van der Waals surface area (Å²) in [5.41, 5.74) is 2.06. The molecular weight excluding hydrogens is 413 g/mol. The van der Waals surface area contributed by atoms with Crippen molar-refractivity contribution < 1.29 is 22.8 Å². The van der Waals surface area contributed by atoms with Crippen molar-refractivity contribution in [2.24, 2.45) is 0 Å². The lowest BCUT2D eigenvalue weighted by Gasteiger charge is -2.09. The molecular formula is C18H16BrF3N2O2. The van der Waals surface area contributed by atoms with Crippen molar-refractivity contribution in [3.63, 3.8) is 0 Å². The van der Waals surface area contributed by atoms with E-state index < -0.39 is 12.1 Å². The standard InChI is InChI=1S/C18H16BrF3N2O2/c19-15-4-2-1-3-13(15)7-10-16(25)24-14-8-5-12(6-9-14)11-23-17(26)18(20,21)22/h1-6,8-9H,7,10-11H2,(H,23,26)(H,24,25). The van der Waals surface area contributed by atoms with E-state index in [1.165, 1.54) is 0 Å².